The monoisotopic (exact) mass is 325 g/mol. The number of nitrogens with zero attached hydrogens (tertiary/aromatic N) is 1. The van der Waals surface area contributed by atoms with Gasteiger partial charge in [0.2, 0.25) is 0 Å². The van der Waals surface area contributed by atoms with Crippen molar-refractivity contribution >= 4 is 23.9 Å². The molecule has 0 radical (unpaired) electrons. The molecule has 0 saturated heterocycles. The van der Waals surface area contributed by atoms with Crippen LogP contribution in [0, 0.1) is 0 Å². The third-order valence-corrected chi connectivity index (χ3v) is 3.24. The number of carbonyl (C=O) groups excluding carboxylic acids is 2. The first-order chi connectivity index (χ1) is 11.7. The fourth-order valence-corrected chi connectivity index (χ4v) is 2.07. The van der Waals surface area contributed by atoms with E-state index in [0.717, 1.165) is 12.0 Å². The SMILES string of the molecule is CCCOC(=O)c1ccc(/C=C2\N=C(c3ccco3)OC2=O)cc1. The molecule has 0 aliphatic carbocycles. The van der Waals surface area contributed by atoms with E-state index in [1.807, 2.05) is 6.92 Å². The van der Waals surface area contributed by atoms with Gasteiger partial charge >= 0.3 is 11.9 Å². The molecule has 0 unspecified atom stereocenters. The lowest BCUT2D eigenvalue weighted by atomic mass is 10.1. The smallest absolute Gasteiger partial charge is 0.363 e. The summed E-state index contributed by atoms with van der Waals surface area (Å²) in [6.07, 6.45) is 3.83. The van der Waals surface area contributed by atoms with Crippen LogP contribution in [-0.2, 0) is 14.3 Å². The van der Waals surface area contributed by atoms with Gasteiger partial charge in [-0.1, -0.05) is 19.1 Å². The Balaban J connectivity index is 1.76. The van der Waals surface area contributed by atoms with Crippen LogP contribution in [0.2, 0.25) is 0 Å². The number of benzene rings is 1. The first-order valence-electron chi connectivity index (χ1n) is 7.51. The minimum absolute atomic E-state index is 0.135. The molecule has 1 aromatic carbocycles. The van der Waals surface area contributed by atoms with Crippen molar-refractivity contribution in [3.63, 3.8) is 0 Å². The highest BCUT2D eigenvalue weighted by Gasteiger charge is 2.25. The maximum Gasteiger partial charge on any atom is 0.363 e. The van der Waals surface area contributed by atoms with Crippen LogP contribution in [-0.4, -0.2) is 24.4 Å². The molecule has 0 atom stereocenters. The predicted molar refractivity (Wildman–Crippen MR) is 86.3 cm³/mol. The molecule has 2 heterocycles. The van der Waals surface area contributed by atoms with Crippen LogP contribution in [0.15, 0.2) is 57.8 Å². The third-order valence-electron chi connectivity index (χ3n) is 3.24. The van der Waals surface area contributed by atoms with E-state index in [2.05, 4.69) is 4.99 Å². The Morgan fingerprint density at radius 3 is 2.71 bits per heavy atom. The zero-order valence-corrected chi connectivity index (χ0v) is 13.0. The highest BCUT2D eigenvalue weighted by molar-refractivity contribution is 6.11. The van der Waals surface area contributed by atoms with Crippen molar-refractivity contribution < 1.29 is 23.5 Å². The molecule has 24 heavy (non-hydrogen) atoms. The number of hydrogen-bond donors (Lipinski definition) is 0. The van der Waals surface area contributed by atoms with Crippen LogP contribution >= 0.6 is 0 Å². The van der Waals surface area contributed by atoms with Gasteiger partial charge in [-0.2, -0.15) is 0 Å². The predicted octanol–water partition coefficient (Wildman–Crippen LogP) is 3.19. The first kappa shape index (κ1) is 15.7. The molecule has 0 fully saturated rings. The molecule has 0 saturated carbocycles. The molecule has 6 heteroatoms. The van der Waals surface area contributed by atoms with E-state index in [9.17, 15) is 9.59 Å². The van der Waals surface area contributed by atoms with Crippen molar-refractivity contribution in [1.82, 2.24) is 0 Å². The topological polar surface area (TPSA) is 78.1 Å². The summed E-state index contributed by atoms with van der Waals surface area (Å²) in [6.45, 7) is 2.32. The van der Waals surface area contributed by atoms with Crippen LogP contribution in [0.5, 0.6) is 0 Å². The number of esters is 2. The summed E-state index contributed by atoms with van der Waals surface area (Å²) in [5.74, 6) is -0.390. The van der Waals surface area contributed by atoms with Gasteiger partial charge in [0.05, 0.1) is 18.4 Å². The van der Waals surface area contributed by atoms with Gasteiger partial charge in [0.25, 0.3) is 5.90 Å². The summed E-state index contributed by atoms with van der Waals surface area (Å²) in [6, 6.07) is 10.0. The Morgan fingerprint density at radius 1 is 1.25 bits per heavy atom. The summed E-state index contributed by atoms with van der Waals surface area (Å²) < 4.78 is 15.3. The van der Waals surface area contributed by atoms with Crippen molar-refractivity contribution in [2.24, 2.45) is 4.99 Å². The fraction of sp³-hybridized carbons (Fsp3) is 0.167. The minimum atomic E-state index is -0.548. The average Bonchev–Trinajstić information content (AvgIpc) is 3.24. The number of hydrogen-bond acceptors (Lipinski definition) is 6. The Bertz CT molecular complexity index is 800. The number of ether oxygens (including phenoxy) is 2. The van der Waals surface area contributed by atoms with Gasteiger partial charge in [0, 0.05) is 0 Å². The molecule has 0 spiro atoms. The lowest BCUT2D eigenvalue weighted by molar-refractivity contribution is -0.130. The normalized spacial score (nSPS) is 15.3. The Morgan fingerprint density at radius 2 is 2.04 bits per heavy atom. The number of aliphatic imine (C=N–C) groups is 1. The molecule has 1 aliphatic heterocycles. The average molecular weight is 325 g/mol. The van der Waals surface area contributed by atoms with E-state index in [4.69, 9.17) is 13.9 Å². The van der Waals surface area contributed by atoms with Gasteiger partial charge in [0.15, 0.2) is 11.5 Å². The van der Waals surface area contributed by atoms with E-state index < -0.39 is 5.97 Å². The molecule has 1 aromatic heterocycles. The molecule has 2 aromatic rings. The van der Waals surface area contributed by atoms with Gasteiger partial charge < -0.3 is 13.9 Å². The van der Waals surface area contributed by atoms with Crippen molar-refractivity contribution in [2.45, 2.75) is 13.3 Å². The van der Waals surface area contributed by atoms with E-state index in [1.54, 1.807) is 42.5 Å². The summed E-state index contributed by atoms with van der Waals surface area (Å²) in [4.78, 5) is 27.7. The van der Waals surface area contributed by atoms with Gasteiger partial charge in [-0.05, 0) is 42.3 Å². The number of cyclic esters (lactones) is 1. The molecule has 0 amide bonds. The first-order valence-corrected chi connectivity index (χ1v) is 7.51. The lowest BCUT2D eigenvalue weighted by Crippen LogP contribution is -2.05. The quantitative estimate of drug-likeness (QED) is 0.623. The summed E-state index contributed by atoms with van der Waals surface area (Å²) in [5.41, 5.74) is 1.35. The molecule has 3 rings (SSSR count). The number of rotatable bonds is 5. The fourth-order valence-electron chi connectivity index (χ4n) is 2.07. The minimum Gasteiger partial charge on any atom is -0.462 e. The standard InChI is InChI=1S/C18H15NO5/c1-2-9-23-17(20)13-7-5-12(6-8-13)11-14-18(21)24-16(19-14)15-4-3-10-22-15/h3-8,10-11H,2,9H2,1H3/b14-11-. The van der Waals surface area contributed by atoms with E-state index in [-0.39, 0.29) is 17.6 Å². The largest absolute Gasteiger partial charge is 0.462 e. The lowest BCUT2D eigenvalue weighted by Gasteiger charge is -2.03. The number of carbonyl (C=O) groups is 2. The van der Waals surface area contributed by atoms with E-state index >= 15 is 0 Å². The van der Waals surface area contributed by atoms with Gasteiger partial charge in [-0.3, -0.25) is 0 Å². The van der Waals surface area contributed by atoms with Crippen molar-refractivity contribution in [1.29, 1.82) is 0 Å². The van der Waals surface area contributed by atoms with E-state index in [0.29, 0.717) is 17.9 Å². The van der Waals surface area contributed by atoms with Crippen LogP contribution < -0.4 is 0 Å². The Hall–Kier alpha value is -3.15. The summed E-state index contributed by atoms with van der Waals surface area (Å²) in [7, 11) is 0. The maximum absolute atomic E-state index is 11.9. The van der Waals surface area contributed by atoms with E-state index in [1.165, 1.54) is 6.26 Å². The second-order valence-electron chi connectivity index (χ2n) is 5.07. The highest BCUT2D eigenvalue weighted by Crippen LogP contribution is 2.19. The number of furan rings is 1. The molecule has 1 aliphatic rings. The molecule has 0 bridgehead atoms. The molecular weight excluding hydrogens is 310 g/mol. The van der Waals surface area contributed by atoms with Crippen LogP contribution in [0.25, 0.3) is 6.08 Å². The second kappa shape index (κ2) is 6.95. The van der Waals surface area contributed by atoms with Crippen LogP contribution in [0.4, 0.5) is 0 Å². The maximum atomic E-state index is 11.9. The molecule has 6 nitrogen and oxygen atoms in total. The van der Waals surface area contributed by atoms with Crippen molar-refractivity contribution in [3.8, 4) is 0 Å². The van der Waals surface area contributed by atoms with Crippen molar-refractivity contribution in [3.05, 3.63) is 65.2 Å². The Kier molecular flexibility index (Phi) is 4.56. The molecular formula is C18H15NO5. The summed E-state index contributed by atoms with van der Waals surface area (Å²) >= 11 is 0. The molecule has 122 valence electrons. The van der Waals surface area contributed by atoms with Gasteiger partial charge in [0.1, 0.15) is 0 Å². The zero-order valence-electron chi connectivity index (χ0n) is 13.0. The van der Waals surface area contributed by atoms with Crippen molar-refractivity contribution in [2.75, 3.05) is 6.61 Å². The second-order valence-corrected chi connectivity index (χ2v) is 5.07. The molecule has 0 N–H and O–H groups in total. The van der Waals surface area contributed by atoms with Gasteiger partial charge in [-0.15, -0.1) is 0 Å². The third kappa shape index (κ3) is 3.43. The zero-order chi connectivity index (χ0) is 16.9. The summed E-state index contributed by atoms with van der Waals surface area (Å²) in [5, 5.41) is 0. The van der Waals surface area contributed by atoms with Gasteiger partial charge in [-0.25, -0.2) is 14.6 Å². The van der Waals surface area contributed by atoms with Crippen LogP contribution in [0.3, 0.4) is 0 Å². The Labute approximate surface area is 138 Å². The van der Waals surface area contributed by atoms with Crippen LogP contribution in [0.1, 0.15) is 35.0 Å². The highest BCUT2D eigenvalue weighted by atomic mass is 16.6.